The summed E-state index contributed by atoms with van der Waals surface area (Å²) >= 11 is 0. The van der Waals surface area contributed by atoms with Crippen molar-refractivity contribution in [3.63, 3.8) is 0 Å². The van der Waals surface area contributed by atoms with Crippen molar-refractivity contribution in [1.29, 1.82) is 0 Å². The van der Waals surface area contributed by atoms with Crippen LogP contribution in [0.25, 0.3) is 11.1 Å². The van der Waals surface area contributed by atoms with E-state index >= 15 is 0 Å². The minimum absolute atomic E-state index is 0.0235. The molecular weight excluding hydrogens is 418 g/mol. The summed E-state index contributed by atoms with van der Waals surface area (Å²) in [5, 5.41) is 10.0. The highest BCUT2D eigenvalue weighted by molar-refractivity contribution is 5.97. The highest BCUT2D eigenvalue weighted by Crippen LogP contribution is 2.43. The number of carbonyl (C=O) groups excluding carboxylic acids is 2. The van der Waals surface area contributed by atoms with Gasteiger partial charge in [-0.3, -0.25) is 14.6 Å². The second-order valence-electron chi connectivity index (χ2n) is 8.42. The average Bonchev–Trinajstić information content (AvgIpc) is 2.85. The first-order valence-electron chi connectivity index (χ1n) is 11.0. The quantitative estimate of drug-likeness (QED) is 0.655. The molecule has 2 amide bonds. The Balaban J connectivity index is 1.38. The highest BCUT2D eigenvalue weighted by Gasteiger charge is 2.54. The molecule has 7 heteroatoms. The van der Waals surface area contributed by atoms with Crippen LogP contribution >= 0.6 is 0 Å². The normalized spacial score (nSPS) is 21.9. The number of fused-ring (bicyclic) bond motifs is 1. The number of aliphatic hydroxyl groups excluding tert-OH is 1. The number of ether oxygens (including phenoxy) is 1. The first kappa shape index (κ1) is 21.2. The van der Waals surface area contributed by atoms with E-state index < -0.39 is 0 Å². The Morgan fingerprint density at radius 2 is 1.85 bits per heavy atom. The predicted octanol–water partition coefficient (Wildman–Crippen LogP) is 2.57. The molecule has 0 spiro atoms. The number of rotatable bonds is 5. The molecule has 2 aliphatic heterocycles. The van der Waals surface area contributed by atoms with Crippen LogP contribution in [0.3, 0.4) is 0 Å². The van der Waals surface area contributed by atoms with E-state index in [2.05, 4.69) is 4.98 Å². The second-order valence-corrected chi connectivity index (χ2v) is 8.42. The highest BCUT2D eigenvalue weighted by atomic mass is 16.5. The van der Waals surface area contributed by atoms with Crippen LogP contribution in [0.2, 0.25) is 0 Å². The Hall–Kier alpha value is -3.71. The fourth-order valence-corrected chi connectivity index (χ4v) is 5.03. The molecule has 1 N–H and O–H groups in total. The molecule has 5 rings (SSSR count). The van der Waals surface area contributed by atoms with Crippen LogP contribution in [0.15, 0.2) is 73.1 Å². The van der Waals surface area contributed by atoms with Gasteiger partial charge in [-0.05, 0) is 41.0 Å². The smallest absolute Gasteiger partial charge is 0.254 e. The van der Waals surface area contributed by atoms with E-state index in [4.69, 9.17) is 4.74 Å². The molecule has 168 valence electrons. The van der Waals surface area contributed by atoms with Crippen LogP contribution in [0, 0.1) is 0 Å². The summed E-state index contributed by atoms with van der Waals surface area (Å²) in [6.07, 6.45) is 3.15. The Kier molecular flexibility index (Phi) is 5.56. The molecule has 33 heavy (non-hydrogen) atoms. The lowest BCUT2D eigenvalue weighted by atomic mass is 9.73. The van der Waals surface area contributed by atoms with Crippen molar-refractivity contribution in [2.45, 2.75) is 18.0 Å². The van der Waals surface area contributed by atoms with Crippen LogP contribution in [-0.4, -0.2) is 70.6 Å². The lowest BCUT2D eigenvalue weighted by molar-refractivity contribution is -0.159. The third-order valence-corrected chi connectivity index (χ3v) is 6.67. The van der Waals surface area contributed by atoms with Crippen molar-refractivity contribution in [2.24, 2.45) is 0 Å². The van der Waals surface area contributed by atoms with E-state index in [1.807, 2.05) is 48.5 Å². The topological polar surface area (TPSA) is 83.0 Å². The largest absolute Gasteiger partial charge is 0.497 e. The van der Waals surface area contributed by atoms with E-state index in [1.54, 1.807) is 41.4 Å². The number of aromatic nitrogens is 1. The van der Waals surface area contributed by atoms with Crippen molar-refractivity contribution in [1.82, 2.24) is 14.8 Å². The molecule has 2 aliphatic rings. The van der Waals surface area contributed by atoms with E-state index in [0.29, 0.717) is 12.1 Å². The van der Waals surface area contributed by atoms with Gasteiger partial charge in [0.05, 0.1) is 25.8 Å². The number of hydrogen-bond acceptors (Lipinski definition) is 5. The third kappa shape index (κ3) is 3.74. The molecule has 0 aliphatic carbocycles. The molecule has 0 bridgehead atoms. The van der Waals surface area contributed by atoms with E-state index in [9.17, 15) is 14.7 Å². The minimum Gasteiger partial charge on any atom is -0.497 e. The summed E-state index contributed by atoms with van der Waals surface area (Å²) in [4.78, 5) is 33.1. The Bertz CT molecular complexity index is 1170. The van der Waals surface area contributed by atoms with Gasteiger partial charge in [-0.15, -0.1) is 0 Å². The SMILES string of the molecule is COc1cccc(-c2ccc([C@H]3[C@H](CO)N4C(=O)CN(C(=O)c5ccncc5)C[C@@H]34)cc2)c1. The maximum atomic E-state index is 12.9. The molecule has 2 saturated heterocycles. The van der Waals surface area contributed by atoms with Gasteiger partial charge in [0.1, 0.15) is 12.3 Å². The van der Waals surface area contributed by atoms with Crippen molar-refractivity contribution in [3.8, 4) is 16.9 Å². The van der Waals surface area contributed by atoms with Crippen molar-refractivity contribution < 1.29 is 19.4 Å². The zero-order chi connectivity index (χ0) is 22.9. The minimum atomic E-state index is -0.275. The van der Waals surface area contributed by atoms with Crippen molar-refractivity contribution >= 4 is 11.8 Å². The van der Waals surface area contributed by atoms with Gasteiger partial charge in [0.25, 0.3) is 5.91 Å². The maximum Gasteiger partial charge on any atom is 0.254 e. The summed E-state index contributed by atoms with van der Waals surface area (Å²) in [5.41, 5.74) is 3.68. The van der Waals surface area contributed by atoms with Gasteiger partial charge in [-0.2, -0.15) is 0 Å². The summed E-state index contributed by atoms with van der Waals surface area (Å²) in [5.74, 6) is 0.458. The van der Waals surface area contributed by atoms with Crippen LogP contribution in [0.5, 0.6) is 5.75 Å². The fraction of sp³-hybridized carbons (Fsp3) is 0.269. The van der Waals surface area contributed by atoms with Crippen molar-refractivity contribution in [3.05, 3.63) is 84.2 Å². The third-order valence-electron chi connectivity index (χ3n) is 6.67. The second kappa shape index (κ2) is 8.67. The molecule has 0 saturated carbocycles. The molecular formula is C26H25N3O4. The molecule has 3 heterocycles. The molecule has 0 radical (unpaired) electrons. The van der Waals surface area contributed by atoms with E-state index in [0.717, 1.165) is 22.4 Å². The van der Waals surface area contributed by atoms with E-state index in [-0.39, 0.29) is 43.0 Å². The Morgan fingerprint density at radius 1 is 1.09 bits per heavy atom. The van der Waals surface area contributed by atoms with Gasteiger partial charge < -0.3 is 19.6 Å². The first-order chi connectivity index (χ1) is 16.1. The number of aliphatic hydroxyl groups is 1. The van der Waals surface area contributed by atoms with Gasteiger partial charge >= 0.3 is 0 Å². The molecule has 1 aromatic heterocycles. The molecule has 3 aromatic rings. The predicted molar refractivity (Wildman–Crippen MR) is 123 cm³/mol. The molecule has 2 aromatic carbocycles. The summed E-state index contributed by atoms with van der Waals surface area (Å²) in [7, 11) is 1.65. The number of piperazine rings is 1. The van der Waals surface area contributed by atoms with Crippen LogP contribution < -0.4 is 4.74 Å². The summed E-state index contributed by atoms with van der Waals surface area (Å²) in [6.45, 7) is 0.351. The standard InChI is InChI=1S/C26H25N3O4/c1-33-21-4-2-3-20(13-21)17-5-7-18(8-6-17)25-22-14-28(15-24(31)29(22)23(25)16-30)26(32)19-9-11-27-12-10-19/h2-13,22-23,25,30H,14-16H2,1H3/t22-,23-,25+/m0/s1. The number of methoxy groups -OCH3 is 1. The van der Waals surface area contributed by atoms with Crippen LogP contribution in [-0.2, 0) is 4.79 Å². The number of hydrogen-bond donors (Lipinski definition) is 1. The maximum absolute atomic E-state index is 12.9. The zero-order valence-electron chi connectivity index (χ0n) is 18.3. The molecule has 2 fully saturated rings. The van der Waals surface area contributed by atoms with E-state index in [1.165, 1.54) is 0 Å². The molecule has 7 nitrogen and oxygen atoms in total. The van der Waals surface area contributed by atoms with Gasteiger partial charge in [0.15, 0.2) is 0 Å². The van der Waals surface area contributed by atoms with Gasteiger partial charge in [-0.1, -0.05) is 36.4 Å². The number of pyridine rings is 1. The molecule has 3 atom stereocenters. The summed E-state index contributed by atoms with van der Waals surface area (Å²) < 4.78 is 5.32. The number of amides is 2. The van der Waals surface area contributed by atoms with Gasteiger partial charge in [0, 0.05) is 30.4 Å². The Morgan fingerprint density at radius 3 is 2.55 bits per heavy atom. The van der Waals surface area contributed by atoms with Crippen LogP contribution in [0.1, 0.15) is 21.8 Å². The summed E-state index contributed by atoms with van der Waals surface area (Å²) in [6, 6.07) is 19.0. The molecule has 0 unspecified atom stereocenters. The van der Waals surface area contributed by atoms with Gasteiger partial charge in [0.2, 0.25) is 5.91 Å². The first-order valence-corrected chi connectivity index (χ1v) is 11.0. The fourth-order valence-electron chi connectivity index (χ4n) is 5.03. The number of carbonyl (C=O) groups is 2. The van der Waals surface area contributed by atoms with Crippen molar-refractivity contribution in [2.75, 3.05) is 26.8 Å². The zero-order valence-corrected chi connectivity index (χ0v) is 18.3. The van der Waals surface area contributed by atoms with Gasteiger partial charge in [-0.25, -0.2) is 0 Å². The monoisotopic (exact) mass is 443 g/mol. The number of benzene rings is 2. The lowest BCUT2D eigenvalue weighted by Gasteiger charge is -2.58. The number of nitrogens with zero attached hydrogens (tertiary/aromatic N) is 3. The lowest BCUT2D eigenvalue weighted by Crippen LogP contribution is -2.73. The average molecular weight is 444 g/mol. The van der Waals surface area contributed by atoms with Crippen LogP contribution in [0.4, 0.5) is 0 Å². The Labute approximate surface area is 192 Å².